The minimum Gasteiger partial charge on any atom is -0.392 e. The number of aliphatic hydroxyl groups is 1. The van der Waals surface area contributed by atoms with Gasteiger partial charge < -0.3 is 5.11 Å². The predicted octanol–water partition coefficient (Wildman–Crippen LogP) is 1.61. The Labute approximate surface area is 136 Å². The molecular weight excluding hydrogens is 312 g/mol. The third-order valence-corrected chi connectivity index (χ3v) is 4.12. The van der Waals surface area contributed by atoms with Crippen molar-refractivity contribution in [3.63, 3.8) is 0 Å². The van der Waals surface area contributed by atoms with Crippen LogP contribution >= 0.6 is 11.8 Å². The van der Waals surface area contributed by atoms with E-state index in [-0.39, 0.29) is 12.3 Å². The van der Waals surface area contributed by atoms with Gasteiger partial charge in [0, 0.05) is 5.56 Å². The van der Waals surface area contributed by atoms with Crippen LogP contribution in [0, 0.1) is 19.3 Å². The van der Waals surface area contributed by atoms with Crippen LogP contribution in [-0.4, -0.2) is 30.4 Å². The quantitative estimate of drug-likeness (QED) is 0.562. The van der Waals surface area contributed by atoms with Crippen LogP contribution in [-0.2, 0) is 6.61 Å². The van der Waals surface area contributed by atoms with Gasteiger partial charge in [-0.2, -0.15) is 9.61 Å². The topological polar surface area (TPSA) is 83.3 Å². The molecule has 0 unspecified atom stereocenters. The third kappa shape index (κ3) is 2.86. The van der Waals surface area contributed by atoms with E-state index in [0.29, 0.717) is 22.3 Å². The van der Waals surface area contributed by atoms with Gasteiger partial charge in [0.05, 0.1) is 18.1 Å². The summed E-state index contributed by atoms with van der Waals surface area (Å²) >= 11 is 1.29. The summed E-state index contributed by atoms with van der Waals surface area (Å²) in [5.41, 5.74) is 3.22. The zero-order chi connectivity index (χ0) is 16.4. The molecule has 0 amide bonds. The van der Waals surface area contributed by atoms with Crippen molar-refractivity contribution in [2.75, 3.05) is 5.75 Å². The number of thioether (sulfide) groups is 1. The van der Waals surface area contributed by atoms with Gasteiger partial charge in [-0.1, -0.05) is 35.9 Å². The van der Waals surface area contributed by atoms with Gasteiger partial charge in [0.15, 0.2) is 10.8 Å². The van der Waals surface area contributed by atoms with E-state index in [4.69, 9.17) is 6.42 Å². The number of hydrogen-bond acceptors (Lipinski definition) is 5. The van der Waals surface area contributed by atoms with E-state index in [1.165, 1.54) is 16.3 Å². The molecule has 0 aliphatic heterocycles. The number of terminal acetylenes is 1. The van der Waals surface area contributed by atoms with Gasteiger partial charge in [-0.25, -0.2) is 9.78 Å². The number of aromatic nitrogens is 4. The fourth-order valence-electron chi connectivity index (χ4n) is 2.37. The van der Waals surface area contributed by atoms with Crippen molar-refractivity contribution in [3.8, 4) is 23.5 Å². The predicted molar refractivity (Wildman–Crippen MR) is 89.3 cm³/mol. The summed E-state index contributed by atoms with van der Waals surface area (Å²) in [6.45, 7) is 1.77. The van der Waals surface area contributed by atoms with E-state index >= 15 is 0 Å². The van der Waals surface area contributed by atoms with E-state index in [2.05, 4.69) is 21.0 Å². The summed E-state index contributed by atoms with van der Waals surface area (Å²) < 4.78 is 1.25. The number of rotatable bonds is 4. The van der Waals surface area contributed by atoms with Crippen LogP contribution in [0.2, 0.25) is 0 Å². The summed E-state index contributed by atoms with van der Waals surface area (Å²) in [4.78, 5) is 19.3. The lowest BCUT2D eigenvalue weighted by atomic mass is 10.0. The van der Waals surface area contributed by atoms with Crippen molar-refractivity contribution >= 4 is 17.4 Å². The van der Waals surface area contributed by atoms with Gasteiger partial charge in [-0.3, -0.25) is 4.98 Å². The van der Waals surface area contributed by atoms with Gasteiger partial charge in [-0.15, -0.1) is 6.42 Å². The molecule has 0 atom stereocenters. The Balaban J connectivity index is 2.23. The SMILES string of the molecule is C#CCSc1nc2c(-c3cccc(CO)c3)c(C)nn2c(=O)[nH]1. The largest absolute Gasteiger partial charge is 0.392 e. The molecule has 116 valence electrons. The first-order chi connectivity index (χ1) is 11.1. The second kappa shape index (κ2) is 6.28. The first-order valence-corrected chi connectivity index (χ1v) is 7.88. The molecule has 6 nitrogen and oxygen atoms in total. The van der Waals surface area contributed by atoms with Crippen molar-refractivity contribution in [1.29, 1.82) is 0 Å². The minimum absolute atomic E-state index is 0.0522. The minimum atomic E-state index is -0.359. The molecule has 0 fully saturated rings. The third-order valence-electron chi connectivity index (χ3n) is 3.34. The Morgan fingerprint density at radius 2 is 2.30 bits per heavy atom. The number of nitrogens with one attached hydrogen (secondary N) is 1. The lowest BCUT2D eigenvalue weighted by molar-refractivity contribution is 0.282. The maximum atomic E-state index is 12.2. The smallest absolute Gasteiger partial charge is 0.350 e. The Kier molecular flexibility index (Phi) is 4.19. The summed E-state index contributed by atoms with van der Waals surface area (Å²) in [6.07, 6.45) is 5.25. The highest BCUT2D eigenvalue weighted by Gasteiger charge is 2.16. The molecule has 2 aromatic heterocycles. The Morgan fingerprint density at radius 1 is 1.48 bits per heavy atom. The summed E-state index contributed by atoms with van der Waals surface area (Å²) in [5.74, 6) is 2.92. The zero-order valence-electron chi connectivity index (χ0n) is 12.4. The molecule has 2 heterocycles. The summed E-state index contributed by atoms with van der Waals surface area (Å²) in [7, 11) is 0. The van der Waals surface area contributed by atoms with Crippen LogP contribution in [0.25, 0.3) is 16.8 Å². The molecule has 0 saturated heterocycles. The maximum absolute atomic E-state index is 12.2. The Hall–Kier alpha value is -2.56. The summed E-state index contributed by atoms with van der Waals surface area (Å²) in [5, 5.41) is 14.0. The molecular formula is C16H14N4O2S. The fraction of sp³-hybridized carbons (Fsp3) is 0.188. The van der Waals surface area contributed by atoms with Crippen LogP contribution in [0.1, 0.15) is 11.3 Å². The molecule has 0 spiro atoms. The number of hydrogen-bond donors (Lipinski definition) is 2. The van der Waals surface area contributed by atoms with Crippen LogP contribution in [0.4, 0.5) is 0 Å². The van der Waals surface area contributed by atoms with Crippen molar-refractivity contribution in [2.45, 2.75) is 18.7 Å². The number of fused-ring (bicyclic) bond motifs is 1. The molecule has 0 aliphatic rings. The normalized spacial score (nSPS) is 10.8. The first kappa shape index (κ1) is 15.3. The number of H-pyrrole nitrogens is 1. The molecule has 23 heavy (non-hydrogen) atoms. The molecule has 0 bridgehead atoms. The van der Waals surface area contributed by atoms with Crippen LogP contribution < -0.4 is 5.69 Å². The molecule has 0 aliphatic carbocycles. The van der Waals surface area contributed by atoms with Crippen molar-refractivity contribution in [1.82, 2.24) is 19.6 Å². The van der Waals surface area contributed by atoms with Crippen LogP contribution in [0.15, 0.2) is 34.2 Å². The molecule has 7 heteroatoms. The molecule has 2 N–H and O–H groups in total. The average molecular weight is 326 g/mol. The summed E-state index contributed by atoms with van der Waals surface area (Å²) in [6, 6.07) is 7.45. The number of nitrogens with zero attached hydrogens (tertiary/aromatic N) is 3. The Morgan fingerprint density at radius 3 is 3.04 bits per heavy atom. The van der Waals surface area contributed by atoms with E-state index in [9.17, 15) is 9.90 Å². The highest BCUT2D eigenvalue weighted by molar-refractivity contribution is 7.99. The van der Waals surface area contributed by atoms with Crippen LogP contribution in [0.5, 0.6) is 0 Å². The maximum Gasteiger partial charge on any atom is 0.350 e. The second-order valence-corrected chi connectivity index (χ2v) is 5.86. The zero-order valence-corrected chi connectivity index (χ0v) is 13.2. The van der Waals surface area contributed by atoms with E-state index in [0.717, 1.165) is 16.7 Å². The number of aromatic amines is 1. The lowest BCUT2D eigenvalue weighted by Gasteiger charge is -2.04. The highest BCUT2D eigenvalue weighted by Crippen LogP contribution is 2.27. The highest BCUT2D eigenvalue weighted by atomic mass is 32.2. The fourth-order valence-corrected chi connectivity index (χ4v) is 2.90. The molecule has 0 saturated carbocycles. The van der Waals surface area contributed by atoms with Gasteiger partial charge in [0.25, 0.3) is 0 Å². The molecule has 3 aromatic rings. The van der Waals surface area contributed by atoms with E-state index in [1.807, 2.05) is 31.2 Å². The van der Waals surface area contributed by atoms with Gasteiger partial charge in [-0.05, 0) is 24.1 Å². The van der Waals surface area contributed by atoms with Gasteiger partial charge >= 0.3 is 5.69 Å². The van der Waals surface area contributed by atoms with Crippen LogP contribution in [0.3, 0.4) is 0 Å². The van der Waals surface area contributed by atoms with Gasteiger partial charge in [0.1, 0.15) is 0 Å². The van der Waals surface area contributed by atoms with Gasteiger partial charge in [0.2, 0.25) is 0 Å². The molecule has 0 radical (unpaired) electrons. The van der Waals surface area contributed by atoms with E-state index in [1.54, 1.807) is 0 Å². The number of aryl methyl sites for hydroxylation is 1. The molecule has 3 rings (SSSR count). The number of benzene rings is 1. The average Bonchev–Trinajstić information content (AvgIpc) is 2.89. The van der Waals surface area contributed by atoms with Crippen molar-refractivity contribution < 1.29 is 5.11 Å². The monoisotopic (exact) mass is 326 g/mol. The number of aliphatic hydroxyl groups excluding tert-OH is 1. The first-order valence-electron chi connectivity index (χ1n) is 6.90. The van der Waals surface area contributed by atoms with Crippen molar-refractivity contribution in [2.24, 2.45) is 0 Å². The molecule has 1 aromatic carbocycles. The Bertz CT molecular complexity index is 968. The standard InChI is InChI=1S/C16H14N4O2S/c1-3-7-23-15-17-14-13(10(2)19-20(14)16(22)18-15)12-6-4-5-11(8-12)9-21/h1,4-6,8,21H,7,9H2,2H3,(H,17,18,22). The van der Waals surface area contributed by atoms with E-state index < -0.39 is 0 Å². The lowest BCUT2D eigenvalue weighted by Crippen LogP contribution is -2.19. The van der Waals surface area contributed by atoms with Crippen molar-refractivity contribution in [3.05, 3.63) is 46.0 Å². The second-order valence-electron chi connectivity index (χ2n) is 4.89.